The molecule has 1 unspecified atom stereocenters. The second kappa shape index (κ2) is 7.67. The lowest BCUT2D eigenvalue weighted by Crippen LogP contribution is -2.22. The number of methoxy groups -OCH3 is 3. The number of carbonyl (C=O) groups is 1. The van der Waals surface area contributed by atoms with Crippen LogP contribution in [-0.4, -0.2) is 32.3 Å². The Hall–Kier alpha value is -3.19. The highest BCUT2D eigenvalue weighted by Crippen LogP contribution is 2.49. The number of ether oxygens (including phenoxy) is 3. The largest absolute Gasteiger partial charge is 0.502 e. The highest BCUT2D eigenvalue weighted by Gasteiger charge is 2.31. The molecule has 0 saturated heterocycles. The number of fused-ring (bicyclic) bond motifs is 1. The van der Waals surface area contributed by atoms with E-state index in [2.05, 4.69) is 10.7 Å². The normalized spacial score (nSPS) is 15.4. The molecule has 0 radical (unpaired) electrons. The number of phenolic OH excluding ortho intramolecular Hbond substituents is 1. The van der Waals surface area contributed by atoms with E-state index in [0.29, 0.717) is 17.9 Å². The number of rotatable bonds is 5. The van der Waals surface area contributed by atoms with Gasteiger partial charge >= 0.3 is 0 Å². The number of hydrogen-bond donors (Lipinski definition) is 2. The Bertz CT molecular complexity index is 1030. The fourth-order valence-corrected chi connectivity index (χ4v) is 4.76. The molecule has 7 heteroatoms. The van der Waals surface area contributed by atoms with Crippen molar-refractivity contribution >= 4 is 22.9 Å². The molecule has 2 aromatic carbocycles. The number of carbonyl (C=O) groups excluding carboxylic acids is 1. The lowest BCUT2D eigenvalue weighted by molar-refractivity contribution is -0.116. The quantitative estimate of drug-likeness (QED) is 0.641. The van der Waals surface area contributed by atoms with Crippen LogP contribution in [0.15, 0.2) is 41.8 Å². The molecular weight excluding hydrogens is 390 g/mol. The number of anilines is 1. The number of thiophene rings is 1. The maximum Gasteiger partial charge on any atom is 0.225 e. The Balaban J connectivity index is 1.80. The summed E-state index contributed by atoms with van der Waals surface area (Å²) in [5, 5.41) is 15.3. The molecule has 1 aromatic heterocycles. The molecule has 1 aliphatic heterocycles. The molecule has 0 saturated carbocycles. The third kappa shape index (κ3) is 3.38. The maximum absolute atomic E-state index is 12.5. The Morgan fingerprint density at radius 2 is 1.69 bits per heavy atom. The van der Waals surface area contributed by atoms with E-state index in [1.165, 1.54) is 14.2 Å². The minimum atomic E-state index is -0.154. The lowest BCUT2D eigenvalue weighted by atomic mass is 9.88. The van der Waals surface area contributed by atoms with Crippen LogP contribution in [0.25, 0.3) is 11.1 Å². The first-order valence-electron chi connectivity index (χ1n) is 9.06. The van der Waals surface area contributed by atoms with Crippen molar-refractivity contribution in [2.45, 2.75) is 12.3 Å². The van der Waals surface area contributed by atoms with Gasteiger partial charge in [-0.1, -0.05) is 12.1 Å². The van der Waals surface area contributed by atoms with Crippen LogP contribution in [0.3, 0.4) is 0 Å². The van der Waals surface area contributed by atoms with E-state index in [9.17, 15) is 9.90 Å². The fourth-order valence-electron chi connectivity index (χ4n) is 3.59. The van der Waals surface area contributed by atoms with E-state index in [0.717, 1.165) is 33.0 Å². The van der Waals surface area contributed by atoms with E-state index in [-0.39, 0.29) is 17.6 Å². The standard InChI is InChI=1S/C22H21NO5S/c1-26-14-6-4-12(5-7-14)16-11-29-22-15(10-19(24)23-20(16)22)13-8-17(27-2)21(25)18(9-13)28-3/h4-9,11,15,25H,10H2,1-3H3,(H,23,24). The van der Waals surface area contributed by atoms with Crippen molar-refractivity contribution in [1.82, 2.24) is 0 Å². The molecule has 0 fully saturated rings. The molecule has 4 rings (SSSR count). The first-order chi connectivity index (χ1) is 14.0. The van der Waals surface area contributed by atoms with Gasteiger partial charge in [-0.3, -0.25) is 4.79 Å². The van der Waals surface area contributed by atoms with Gasteiger partial charge in [0.15, 0.2) is 11.5 Å². The molecule has 1 atom stereocenters. The Kier molecular flexibility index (Phi) is 5.07. The average Bonchev–Trinajstić information content (AvgIpc) is 3.17. The number of hydrogen-bond acceptors (Lipinski definition) is 6. The molecule has 29 heavy (non-hydrogen) atoms. The van der Waals surface area contributed by atoms with Gasteiger partial charge in [0.1, 0.15) is 5.75 Å². The third-order valence-electron chi connectivity index (χ3n) is 5.10. The second-order valence-corrected chi connectivity index (χ2v) is 7.61. The zero-order valence-corrected chi connectivity index (χ0v) is 17.1. The smallest absolute Gasteiger partial charge is 0.225 e. The monoisotopic (exact) mass is 411 g/mol. The predicted molar refractivity (Wildman–Crippen MR) is 113 cm³/mol. The summed E-state index contributed by atoms with van der Waals surface area (Å²) in [5.41, 5.74) is 3.66. The van der Waals surface area contributed by atoms with Crippen LogP contribution in [0, 0.1) is 0 Å². The molecule has 2 N–H and O–H groups in total. The summed E-state index contributed by atoms with van der Waals surface area (Å²) in [4.78, 5) is 13.6. The third-order valence-corrected chi connectivity index (χ3v) is 6.19. The van der Waals surface area contributed by atoms with E-state index < -0.39 is 0 Å². The van der Waals surface area contributed by atoms with Gasteiger partial charge in [-0.2, -0.15) is 0 Å². The molecule has 0 aliphatic carbocycles. The first-order valence-corrected chi connectivity index (χ1v) is 9.94. The molecule has 6 nitrogen and oxygen atoms in total. The van der Waals surface area contributed by atoms with Crippen molar-refractivity contribution in [2.75, 3.05) is 26.6 Å². The number of amides is 1. The van der Waals surface area contributed by atoms with Gasteiger partial charge in [0.2, 0.25) is 11.7 Å². The van der Waals surface area contributed by atoms with E-state index in [1.54, 1.807) is 30.6 Å². The van der Waals surface area contributed by atoms with Gasteiger partial charge < -0.3 is 24.6 Å². The number of nitrogens with one attached hydrogen (secondary N) is 1. The summed E-state index contributed by atoms with van der Waals surface area (Å²) in [6.45, 7) is 0. The van der Waals surface area contributed by atoms with Crippen molar-refractivity contribution in [3.8, 4) is 34.1 Å². The van der Waals surface area contributed by atoms with Gasteiger partial charge in [0.05, 0.1) is 27.0 Å². The molecular formula is C22H21NO5S. The molecule has 1 aliphatic rings. The number of benzene rings is 2. The van der Waals surface area contributed by atoms with E-state index in [4.69, 9.17) is 14.2 Å². The molecule has 0 bridgehead atoms. The van der Waals surface area contributed by atoms with Crippen molar-refractivity contribution in [1.29, 1.82) is 0 Å². The van der Waals surface area contributed by atoms with Crippen LogP contribution in [-0.2, 0) is 4.79 Å². The van der Waals surface area contributed by atoms with Gasteiger partial charge in [0.25, 0.3) is 0 Å². The summed E-state index contributed by atoms with van der Waals surface area (Å²) >= 11 is 1.60. The Morgan fingerprint density at radius 1 is 1.03 bits per heavy atom. The Morgan fingerprint density at radius 3 is 2.28 bits per heavy atom. The summed E-state index contributed by atoms with van der Waals surface area (Å²) in [7, 11) is 4.61. The van der Waals surface area contributed by atoms with Crippen LogP contribution in [0.4, 0.5) is 5.69 Å². The fraction of sp³-hybridized carbons (Fsp3) is 0.227. The summed E-state index contributed by atoms with van der Waals surface area (Å²) in [6.07, 6.45) is 0.312. The molecule has 0 spiro atoms. The minimum absolute atomic E-state index is 0.0515. The van der Waals surface area contributed by atoms with E-state index in [1.807, 2.05) is 24.3 Å². The topological polar surface area (TPSA) is 77.0 Å². The Labute approximate surface area is 172 Å². The van der Waals surface area contributed by atoms with Gasteiger partial charge in [-0.05, 0) is 35.4 Å². The zero-order chi connectivity index (χ0) is 20.5. The maximum atomic E-state index is 12.5. The molecule has 1 amide bonds. The van der Waals surface area contributed by atoms with Crippen LogP contribution < -0.4 is 19.5 Å². The second-order valence-electron chi connectivity index (χ2n) is 6.70. The van der Waals surface area contributed by atoms with E-state index >= 15 is 0 Å². The number of phenols is 1. The van der Waals surface area contributed by atoms with Gasteiger partial charge in [-0.25, -0.2) is 0 Å². The van der Waals surface area contributed by atoms with Crippen molar-refractivity contribution in [3.05, 3.63) is 52.2 Å². The highest BCUT2D eigenvalue weighted by molar-refractivity contribution is 7.11. The lowest BCUT2D eigenvalue weighted by Gasteiger charge is -2.25. The molecule has 150 valence electrons. The molecule has 2 heterocycles. The predicted octanol–water partition coefficient (Wildman–Crippen LogP) is 4.62. The summed E-state index contributed by atoms with van der Waals surface area (Å²) < 4.78 is 15.8. The van der Waals surface area contributed by atoms with Crippen molar-refractivity contribution in [3.63, 3.8) is 0 Å². The minimum Gasteiger partial charge on any atom is -0.502 e. The van der Waals surface area contributed by atoms with Crippen LogP contribution in [0.1, 0.15) is 22.8 Å². The van der Waals surface area contributed by atoms with Crippen molar-refractivity contribution < 1.29 is 24.1 Å². The van der Waals surface area contributed by atoms with Gasteiger partial charge in [-0.15, -0.1) is 11.3 Å². The van der Waals surface area contributed by atoms with Crippen LogP contribution >= 0.6 is 11.3 Å². The zero-order valence-electron chi connectivity index (χ0n) is 16.3. The first kappa shape index (κ1) is 19.1. The van der Waals surface area contributed by atoms with Crippen LogP contribution in [0.5, 0.6) is 23.0 Å². The molecule has 3 aromatic rings. The van der Waals surface area contributed by atoms with Gasteiger partial charge in [0, 0.05) is 28.2 Å². The van der Waals surface area contributed by atoms with Crippen LogP contribution in [0.2, 0.25) is 0 Å². The average molecular weight is 411 g/mol. The van der Waals surface area contributed by atoms with Crippen molar-refractivity contribution in [2.24, 2.45) is 0 Å². The summed E-state index contributed by atoms with van der Waals surface area (Å²) in [5.74, 6) is 1.16. The highest BCUT2D eigenvalue weighted by atomic mass is 32.1. The summed E-state index contributed by atoms with van der Waals surface area (Å²) in [6, 6.07) is 11.3. The number of aromatic hydroxyl groups is 1. The SMILES string of the molecule is COc1ccc(-c2csc3c2NC(=O)CC3c2cc(OC)c(O)c(OC)c2)cc1.